The van der Waals surface area contributed by atoms with Crippen molar-refractivity contribution in [3.63, 3.8) is 0 Å². The van der Waals surface area contributed by atoms with E-state index in [1.807, 2.05) is 0 Å². The SMILES string of the molecule is CC(=O)C=CS(=O)(=O)N1C=C(Cl)C=NC1. The van der Waals surface area contributed by atoms with Gasteiger partial charge >= 0.3 is 0 Å². The summed E-state index contributed by atoms with van der Waals surface area (Å²) in [5.74, 6) is -0.339. The molecule has 0 unspecified atom stereocenters. The second-order valence-electron chi connectivity index (χ2n) is 2.81. The highest BCUT2D eigenvalue weighted by Crippen LogP contribution is 2.12. The molecule has 0 amide bonds. The van der Waals surface area contributed by atoms with Crippen molar-refractivity contribution in [2.24, 2.45) is 4.99 Å². The number of ketones is 1. The van der Waals surface area contributed by atoms with Gasteiger partial charge in [0.15, 0.2) is 5.78 Å². The maximum atomic E-state index is 11.5. The molecule has 0 bridgehead atoms. The van der Waals surface area contributed by atoms with E-state index in [0.29, 0.717) is 0 Å². The van der Waals surface area contributed by atoms with Crippen molar-refractivity contribution in [2.75, 3.05) is 6.67 Å². The Morgan fingerprint density at radius 1 is 1.67 bits per heavy atom. The first kappa shape index (κ1) is 11.9. The number of rotatable bonds is 3. The van der Waals surface area contributed by atoms with Crippen LogP contribution in [0.15, 0.2) is 27.7 Å². The van der Waals surface area contributed by atoms with Gasteiger partial charge in [-0.15, -0.1) is 0 Å². The fraction of sp³-hybridized carbons (Fsp3) is 0.250. The van der Waals surface area contributed by atoms with Gasteiger partial charge in [0.1, 0.15) is 6.67 Å². The minimum atomic E-state index is -3.65. The lowest BCUT2D eigenvalue weighted by Crippen LogP contribution is -2.26. The maximum Gasteiger partial charge on any atom is 0.258 e. The number of allylic oxidation sites excluding steroid dienone is 2. The number of carbonyl (C=O) groups excluding carboxylic acids is 1. The lowest BCUT2D eigenvalue weighted by Gasteiger charge is -2.18. The first-order valence-corrected chi connectivity index (χ1v) is 5.87. The first-order valence-electron chi connectivity index (χ1n) is 3.99. The van der Waals surface area contributed by atoms with Gasteiger partial charge in [-0.1, -0.05) is 11.6 Å². The molecule has 15 heavy (non-hydrogen) atoms. The molecule has 0 aromatic rings. The van der Waals surface area contributed by atoms with Crippen molar-refractivity contribution in [1.82, 2.24) is 4.31 Å². The second-order valence-corrected chi connectivity index (χ2v) is 5.02. The minimum Gasteiger partial charge on any atom is -0.295 e. The molecule has 82 valence electrons. The number of carbonyl (C=O) groups is 1. The van der Waals surface area contributed by atoms with Gasteiger partial charge in [-0.05, 0) is 13.0 Å². The van der Waals surface area contributed by atoms with E-state index in [9.17, 15) is 13.2 Å². The van der Waals surface area contributed by atoms with Crippen LogP contribution >= 0.6 is 11.6 Å². The highest BCUT2D eigenvalue weighted by Gasteiger charge is 2.17. The van der Waals surface area contributed by atoms with E-state index in [1.165, 1.54) is 19.3 Å². The van der Waals surface area contributed by atoms with Crippen LogP contribution in [0.5, 0.6) is 0 Å². The molecule has 7 heteroatoms. The molecule has 0 aromatic carbocycles. The van der Waals surface area contributed by atoms with E-state index in [2.05, 4.69) is 4.99 Å². The topological polar surface area (TPSA) is 66.8 Å². The van der Waals surface area contributed by atoms with Crippen molar-refractivity contribution in [1.29, 1.82) is 0 Å². The van der Waals surface area contributed by atoms with Crippen LogP contribution < -0.4 is 0 Å². The standard InChI is InChI=1S/C8H9ClN2O3S/c1-7(12)2-3-15(13,14)11-5-8(9)4-10-6-11/h2-5H,6H2,1H3. The Morgan fingerprint density at radius 2 is 2.33 bits per heavy atom. The summed E-state index contributed by atoms with van der Waals surface area (Å²) in [6.45, 7) is 1.24. The molecule has 0 aliphatic carbocycles. The van der Waals surface area contributed by atoms with E-state index in [0.717, 1.165) is 15.8 Å². The molecule has 0 aromatic heterocycles. The lowest BCUT2D eigenvalue weighted by molar-refractivity contribution is -0.112. The summed E-state index contributed by atoms with van der Waals surface area (Å²) in [6, 6.07) is 0. The Hall–Kier alpha value is -1.14. The number of sulfonamides is 1. The van der Waals surface area contributed by atoms with Crippen LogP contribution in [0.1, 0.15) is 6.92 Å². The van der Waals surface area contributed by atoms with E-state index in [-0.39, 0.29) is 17.5 Å². The predicted molar refractivity (Wildman–Crippen MR) is 57.9 cm³/mol. The fourth-order valence-electron chi connectivity index (χ4n) is 0.834. The molecule has 0 saturated carbocycles. The number of hydrogen-bond acceptors (Lipinski definition) is 4. The Kier molecular flexibility index (Phi) is 3.65. The van der Waals surface area contributed by atoms with Crippen molar-refractivity contribution in [3.8, 4) is 0 Å². The molecular weight excluding hydrogens is 240 g/mol. The molecule has 1 rings (SSSR count). The molecule has 1 heterocycles. The molecule has 1 aliphatic rings. The Balaban J connectivity index is 2.89. The van der Waals surface area contributed by atoms with Gasteiger partial charge in [0, 0.05) is 12.4 Å². The minimum absolute atomic E-state index is 0.0270. The van der Waals surface area contributed by atoms with Gasteiger partial charge in [-0.3, -0.25) is 14.1 Å². The average molecular weight is 249 g/mol. The van der Waals surface area contributed by atoms with Crippen LogP contribution in [0.2, 0.25) is 0 Å². The molecule has 0 fully saturated rings. The zero-order valence-corrected chi connectivity index (χ0v) is 9.49. The average Bonchev–Trinajstić information content (AvgIpc) is 2.15. The Labute approximate surface area is 92.8 Å². The summed E-state index contributed by atoms with van der Waals surface area (Å²) in [7, 11) is -3.65. The number of hydrogen-bond donors (Lipinski definition) is 0. The van der Waals surface area contributed by atoms with Crippen molar-refractivity contribution in [2.45, 2.75) is 6.92 Å². The predicted octanol–water partition coefficient (Wildman–Crippen LogP) is 0.843. The fourth-order valence-corrected chi connectivity index (χ4v) is 2.09. The van der Waals surface area contributed by atoms with E-state index in [4.69, 9.17) is 11.6 Å². The quantitative estimate of drug-likeness (QED) is 0.695. The lowest BCUT2D eigenvalue weighted by atomic mass is 10.5. The summed E-state index contributed by atoms with van der Waals surface area (Å²) in [6.07, 6.45) is 3.59. The van der Waals surface area contributed by atoms with Crippen LogP contribution in [-0.4, -0.2) is 31.4 Å². The van der Waals surface area contributed by atoms with Gasteiger partial charge in [-0.2, -0.15) is 0 Å². The van der Waals surface area contributed by atoms with Crippen LogP contribution in [0, 0.1) is 0 Å². The van der Waals surface area contributed by atoms with Crippen molar-refractivity contribution < 1.29 is 13.2 Å². The zero-order valence-electron chi connectivity index (χ0n) is 7.92. The molecule has 0 radical (unpaired) electrons. The molecule has 0 saturated heterocycles. The molecule has 0 spiro atoms. The molecule has 1 aliphatic heterocycles. The molecule has 0 N–H and O–H groups in total. The van der Waals surface area contributed by atoms with Crippen LogP contribution in [0.3, 0.4) is 0 Å². The third-order valence-electron chi connectivity index (χ3n) is 1.50. The highest BCUT2D eigenvalue weighted by atomic mass is 35.5. The maximum absolute atomic E-state index is 11.5. The summed E-state index contributed by atoms with van der Waals surface area (Å²) in [5.41, 5.74) is 0. The monoisotopic (exact) mass is 248 g/mol. The molecular formula is C8H9ClN2O3S. The molecule has 5 nitrogen and oxygen atoms in total. The highest BCUT2D eigenvalue weighted by molar-refractivity contribution is 7.92. The first-order chi connectivity index (χ1) is 6.92. The summed E-state index contributed by atoms with van der Waals surface area (Å²) in [4.78, 5) is 14.3. The van der Waals surface area contributed by atoms with Gasteiger partial charge < -0.3 is 0 Å². The Morgan fingerprint density at radius 3 is 2.87 bits per heavy atom. The van der Waals surface area contributed by atoms with Crippen LogP contribution in [-0.2, 0) is 14.8 Å². The third-order valence-corrected chi connectivity index (χ3v) is 3.05. The summed E-state index contributed by atoms with van der Waals surface area (Å²) >= 11 is 5.59. The van der Waals surface area contributed by atoms with Gasteiger partial charge in [0.05, 0.1) is 10.4 Å². The van der Waals surface area contributed by atoms with E-state index >= 15 is 0 Å². The van der Waals surface area contributed by atoms with E-state index in [1.54, 1.807) is 0 Å². The molecule has 0 atom stereocenters. The van der Waals surface area contributed by atoms with Gasteiger partial charge in [0.25, 0.3) is 10.0 Å². The largest absolute Gasteiger partial charge is 0.295 e. The smallest absolute Gasteiger partial charge is 0.258 e. The third kappa shape index (κ3) is 3.49. The number of aliphatic imine (C=N–C) groups is 1. The van der Waals surface area contributed by atoms with Gasteiger partial charge in [-0.25, -0.2) is 8.42 Å². The summed E-state index contributed by atoms with van der Waals surface area (Å²) < 4.78 is 24.0. The van der Waals surface area contributed by atoms with Crippen molar-refractivity contribution in [3.05, 3.63) is 22.7 Å². The van der Waals surface area contributed by atoms with Crippen molar-refractivity contribution >= 4 is 33.6 Å². The van der Waals surface area contributed by atoms with E-state index < -0.39 is 10.0 Å². The zero-order chi connectivity index (χ0) is 11.5. The number of halogens is 1. The second kappa shape index (κ2) is 4.59. The summed E-state index contributed by atoms with van der Waals surface area (Å²) in [5, 5.41) is 1.05. The Bertz CT molecular complexity index is 451. The van der Waals surface area contributed by atoms with Crippen LogP contribution in [0.25, 0.3) is 0 Å². The van der Waals surface area contributed by atoms with Gasteiger partial charge in [0.2, 0.25) is 0 Å². The van der Waals surface area contributed by atoms with Crippen LogP contribution in [0.4, 0.5) is 0 Å². The normalized spacial score (nSPS) is 16.9. The number of nitrogens with zero attached hydrogens (tertiary/aromatic N) is 2.